The average Bonchev–Trinajstić information content (AvgIpc) is 3.11. The van der Waals surface area contributed by atoms with Gasteiger partial charge in [0.25, 0.3) is 0 Å². The Morgan fingerprint density at radius 3 is 2.50 bits per heavy atom. The molecule has 1 N–H and O–H groups in total. The van der Waals surface area contributed by atoms with Crippen molar-refractivity contribution in [3.63, 3.8) is 0 Å². The summed E-state index contributed by atoms with van der Waals surface area (Å²) in [5.41, 5.74) is 0.872. The van der Waals surface area contributed by atoms with E-state index < -0.39 is 6.10 Å². The van der Waals surface area contributed by atoms with E-state index in [0.29, 0.717) is 6.04 Å². The molecule has 2 rings (SSSR count). The molecule has 1 aliphatic carbocycles. The van der Waals surface area contributed by atoms with Crippen molar-refractivity contribution in [2.75, 3.05) is 11.9 Å². The number of hydrogen-bond donors (Lipinski definition) is 1. The fraction of sp³-hybridized carbons (Fsp3) is 0.615. The fourth-order valence-corrected chi connectivity index (χ4v) is 1.96. The fourth-order valence-electron chi connectivity index (χ4n) is 1.96. The minimum atomic E-state index is -0.437. The molecule has 3 heteroatoms. The van der Waals surface area contributed by atoms with Gasteiger partial charge in [-0.3, -0.25) is 0 Å². The second-order valence-electron chi connectivity index (χ2n) is 4.81. The molecule has 0 saturated heterocycles. The standard InChI is InChI=1S/C13H20N2O/c1-9(11-4-5-11)15(3)13-7-6-12(8-14-13)10(2)16/h6-11,16H,4-5H2,1-3H3/t9?,10-/m0/s1. The van der Waals surface area contributed by atoms with Crippen LogP contribution in [0.15, 0.2) is 18.3 Å². The lowest BCUT2D eigenvalue weighted by Crippen LogP contribution is -2.31. The Balaban J connectivity index is 2.08. The van der Waals surface area contributed by atoms with Crippen LogP contribution in [0.4, 0.5) is 5.82 Å². The molecule has 1 saturated carbocycles. The Bertz CT molecular complexity index is 343. The van der Waals surface area contributed by atoms with Crippen molar-refractivity contribution in [3.8, 4) is 0 Å². The summed E-state index contributed by atoms with van der Waals surface area (Å²) in [5.74, 6) is 1.83. The summed E-state index contributed by atoms with van der Waals surface area (Å²) in [6, 6.07) is 4.49. The number of hydrogen-bond acceptors (Lipinski definition) is 3. The van der Waals surface area contributed by atoms with Crippen molar-refractivity contribution in [3.05, 3.63) is 23.9 Å². The first-order valence-corrected chi connectivity index (χ1v) is 5.96. The van der Waals surface area contributed by atoms with E-state index in [9.17, 15) is 5.11 Å². The number of aliphatic hydroxyl groups is 1. The van der Waals surface area contributed by atoms with E-state index >= 15 is 0 Å². The quantitative estimate of drug-likeness (QED) is 0.846. The molecular formula is C13H20N2O. The van der Waals surface area contributed by atoms with Crippen molar-refractivity contribution in [2.45, 2.75) is 38.8 Å². The van der Waals surface area contributed by atoms with Crippen LogP contribution < -0.4 is 4.90 Å². The molecule has 1 aromatic rings. The maximum atomic E-state index is 9.41. The van der Waals surface area contributed by atoms with Gasteiger partial charge in [-0.05, 0) is 44.2 Å². The zero-order chi connectivity index (χ0) is 11.7. The van der Waals surface area contributed by atoms with Crippen molar-refractivity contribution in [2.24, 2.45) is 5.92 Å². The van der Waals surface area contributed by atoms with Gasteiger partial charge in [-0.25, -0.2) is 4.98 Å². The predicted octanol–water partition coefficient (Wildman–Crippen LogP) is 2.37. The summed E-state index contributed by atoms with van der Waals surface area (Å²) >= 11 is 0. The van der Waals surface area contributed by atoms with Crippen molar-refractivity contribution in [1.29, 1.82) is 0 Å². The summed E-state index contributed by atoms with van der Waals surface area (Å²) in [7, 11) is 2.09. The largest absolute Gasteiger partial charge is 0.389 e. The lowest BCUT2D eigenvalue weighted by Gasteiger charge is -2.26. The molecule has 0 amide bonds. The van der Waals surface area contributed by atoms with Crippen molar-refractivity contribution >= 4 is 5.82 Å². The van der Waals surface area contributed by atoms with Gasteiger partial charge in [-0.1, -0.05) is 6.07 Å². The zero-order valence-corrected chi connectivity index (χ0v) is 10.2. The minimum absolute atomic E-state index is 0.437. The lowest BCUT2D eigenvalue weighted by atomic mass is 10.1. The molecule has 2 atom stereocenters. The summed E-state index contributed by atoms with van der Waals surface area (Å²) in [6.45, 7) is 4.01. The van der Waals surface area contributed by atoms with Gasteiger partial charge in [-0.2, -0.15) is 0 Å². The first-order chi connectivity index (χ1) is 7.59. The van der Waals surface area contributed by atoms with Crippen LogP contribution in [0, 0.1) is 5.92 Å². The normalized spacial score (nSPS) is 19.2. The third kappa shape index (κ3) is 2.35. The first-order valence-electron chi connectivity index (χ1n) is 5.96. The average molecular weight is 220 g/mol. The Morgan fingerprint density at radius 1 is 1.38 bits per heavy atom. The van der Waals surface area contributed by atoms with Crippen molar-refractivity contribution < 1.29 is 5.11 Å². The second-order valence-corrected chi connectivity index (χ2v) is 4.81. The van der Waals surface area contributed by atoms with Gasteiger partial charge in [0.1, 0.15) is 5.82 Å². The minimum Gasteiger partial charge on any atom is -0.389 e. The number of aliphatic hydroxyl groups excluding tert-OH is 1. The van der Waals surface area contributed by atoms with Crippen LogP contribution in [0.3, 0.4) is 0 Å². The first kappa shape index (κ1) is 11.4. The van der Waals surface area contributed by atoms with Crippen LogP contribution in [0.1, 0.15) is 38.4 Å². The Labute approximate surface area is 97.1 Å². The SMILES string of the molecule is CC(C1CC1)N(C)c1ccc([C@H](C)O)cn1. The molecule has 1 unspecified atom stereocenters. The van der Waals surface area contributed by atoms with Gasteiger partial charge in [0.15, 0.2) is 0 Å². The molecule has 0 radical (unpaired) electrons. The van der Waals surface area contributed by atoms with Crippen LogP contribution >= 0.6 is 0 Å². The second kappa shape index (κ2) is 4.42. The summed E-state index contributed by atoms with van der Waals surface area (Å²) in [6.07, 6.45) is 4.01. The summed E-state index contributed by atoms with van der Waals surface area (Å²) in [4.78, 5) is 6.62. The third-order valence-corrected chi connectivity index (χ3v) is 3.53. The van der Waals surface area contributed by atoms with E-state index in [1.54, 1.807) is 13.1 Å². The highest BCUT2D eigenvalue weighted by Crippen LogP contribution is 2.35. The van der Waals surface area contributed by atoms with Crippen molar-refractivity contribution in [1.82, 2.24) is 4.98 Å². The van der Waals surface area contributed by atoms with Gasteiger partial charge >= 0.3 is 0 Å². The monoisotopic (exact) mass is 220 g/mol. The van der Waals surface area contributed by atoms with Gasteiger partial charge in [0, 0.05) is 19.3 Å². The maximum Gasteiger partial charge on any atom is 0.128 e. The molecule has 1 aromatic heterocycles. The Hall–Kier alpha value is -1.09. The number of rotatable bonds is 4. The number of aromatic nitrogens is 1. The maximum absolute atomic E-state index is 9.41. The van der Waals surface area contributed by atoms with E-state index in [1.807, 2.05) is 12.1 Å². The highest BCUT2D eigenvalue weighted by atomic mass is 16.3. The molecule has 16 heavy (non-hydrogen) atoms. The number of anilines is 1. The molecule has 1 heterocycles. The highest BCUT2D eigenvalue weighted by Gasteiger charge is 2.30. The molecule has 0 bridgehead atoms. The molecule has 88 valence electrons. The van der Waals surface area contributed by atoms with Crippen LogP contribution in [-0.2, 0) is 0 Å². The summed E-state index contributed by atoms with van der Waals surface area (Å²) < 4.78 is 0. The van der Waals surface area contributed by atoms with Gasteiger partial charge in [-0.15, -0.1) is 0 Å². The van der Waals surface area contributed by atoms with E-state index in [0.717, 1.165) is 17.3 Å². The molecular weight excluding hydrogens is 200 g/mol. The van der Waals surface area contributed by atoms with Crippen LogP contribution in [-0.4, -0.2) is 23.2 Å². The van der Waals surface area contributed by atoms with Gasteiger partial charge in [0.2, 0.25) is 0 Å². The van der Waals surface area contributed by atoms with Crippen LogP contribution in [0.5, 0.6) is 0 Å². The van der Waals surface area contributed by atoms with E-state index in [2.05, 4.69) is 23.9 Å². The molecule has 0 spiro atoms. The van der Waals surface area contributed by atoms with Crippen LogP contribution in [0.25, 0.3) is 0 Å². The highest BCUT2D eigenvalue weighted by molar-refractivity contribution is 5.40. The Kier molecular flexibility index (Phi) is 3.15. The predicted molar refractivity (Wildman–Crippen MR) is 65.5 cm³/mol. The van der Waals surface area contributed by atoms with E-state index in [4.69, 9.17) is 0 Å². The molecule has 0 aliphatic heterocycles. The molecule has 1 fully saturated rings. The topological polar surface area (TPSA) is 36.4 Å². The van der Waals surface area contributed by atoms with E-state index in [1.165, 1.54) is 12.8 Å². The van der Waals surface area contributed by atoms with Crippen LogP contribution in [0.2, 0.25) is 0 Å². The smallest absolute Gasteiger partial charge is 0.128 e. The number of nitrogens with zero attached hydrogens (tertiary/aromatic N) is 2. The molecule has 1 aliphatic rings. The Morgan fingerprint density at radius 2 is 2.06 bits per heavy atom. The zero-order valence-electron chi connectivity index (χ0n) is 10.2. The number of pyridine rings is 1. The van der Waals surface area contributed by atoms with E-state index in [-0.39, 0.29) is 0 Å². The van der Waals surface area contributed by atoms with Gasteiger partial charge in [0.05, 0.1) is 6.10 Å². The molecule has 0 aromatic carbocycles. The van der Waals surface area contributed by atoms with Gasteiger partial charge < -0.3 is 10.0 Å². The molecule has 3 nitrogen and oxygen atoms in total. The lowest BCUT2D eigenvalue weighted by molar-refractivity contribution is 0.199. The third-order valence-electron chi connectivity index (χ3n) is 3.53. The summed E-state index contributed by atoms with van der Waals surface area (Å²) in [5, 5.41) is 9.41.